The van der Waals surface area contributed by atoms with Crippen molar-refractivity contribution in [3.05, 3.63) is 89.0 Å². The number of aliphatic hydroxyl groups excluding tert-OH is 1. The maximum atomic E-state index is 13.8. The van der Waals surface area contributed by atoms with Gasteiger partial charge in [0.15, 0.2) is 8.32 Å². The Kier molecular flexibility index (Phi) is 14.7. The van der Waals surface area contributed by atoms with Gasteiger partial charge in [0.05, 0.1) is 6.61 Å². The molecule has 2 atom stereocenters. The average Bonchev–Trinajstić information content (AvgIpc) is 3.45. The van der Waals surface area contributed by atoms with Crippen LogP contribution in [0.25, 0.3) is 11.1 Å². The normalized spacial score (nSPS) is 13.4. The first-order chi connectivity index (χ1) is 26.0. The monoisotopic (exact) mass is 769 g/mol. The Labute approximate surface area is 325 Å². The van der Waals surface area contributed by atoms with E-state index in [0.29, 0.717) is 24.3 Å². The van der Waals surface area contributed by atoms with E-state index in [1.165, 1.54) is 0 Å². The fraction of sp³-hybridized carbons (Fsp3) is 0.429. The van der Waals surface area contributed by atoms with Gasteiger partial charge in [0.1, 0.15) is 25.3 Å². The summed E-state index contributed by atoms with van der Waals surface area (Å²) in [5.41, 5.74) is 11.4. The Morgan fingerprint density at radius 1 is 0.927 bits per heavy atom. The number of nitrogens with two attached hydrogens (primary N) is 1. The molecule has 0 radical (unpaired) electrons. The van der Waals surface area contributed by atoms with Crippen molar-refractivity contribution in [2.75, 3.05) is 25.1 Å². The minimum absolute atomic E-state index is 0.00397. The molecule has 0 saturated carbocycles. The van der Waals surface area contributed by atoms with Crippen LogP contribution in [0.15, 0.2) is 66.7 Å². The first-order valence-electron chi connectivity index (χ1n) is 18.6. The van der Waals surface area contributed by atoms with Gasteiger partial charge in [-0.05, 0) is 76.8 Å². The van der Waals surface area contributed by atoms with Gasteiger partial charge in [0, 0.05) is 23.7 Å². The summed E-state index contributed by atoms with van der Waals surface area (Å²) in [6, 6.07) is 18.5. The highest BCUT2D eigenvalue weighted by Gasteiger charge is 2.37. The number of carbonyl (C=O) groups is 4. The molecule has 0 spiro atoms. The van der Waals surface area contributed by atoms with Crippen LogP contribution in [-0.2, 0) is 25.4 Å². The molecule has 3 aromatic rings. The molecule has 0 bridgehead atoms. The number of benzene rings is 3. The fourth-order valence-corrected chi connectivity index (χ4v) is 7.03. The second kappa shape index (κ2) is 18.9. The Morgan fingerprint density at radius 2 is 1.56 bits per heavy atom. The van der Waals surface area contributed by atoms with Crippen LogP contribution in [0.4, 0.5) is 15.3 Å². The number of ether oxygens (including phenoxy) is 1. The van der Waals surface area contributed by atoms with E-state index in [1.807, 2.05) is 42.5 Å². The van der Waals surface area contributed by atoms with E-state index in [2.05, 4.69) is 79.1 Å². The van der Waals surface area contributed by atoms with Crippen molar-refractivity contribution in [2.24, 2.45) is 11.7 Å². The van der Waals surface area contributed by atoms with Crippen LogP contribution in [-0.4, -0.2) is 69.2 Å². The molecule has 0 unspecified atom stereocenters. The second-order valence-electron chi connectivity index (χ2n) is 15.6. The van der Waals surface area contributed by atoms with Crippen LogP contribution in [0, 0.1) is 17.8 Å². The molecule has 4 rings (SSSR count). The maximum absolute atomic E-state index is 13.8. The third-order valence-corrected chi connectivity index (χ3v) is 14.7. The number of anilines is 1. The number of alkyl carbamates (subject to hydrolysis) is 1. The Bertz CT molecular complexity index is 1870. The van der Waals surface area contributed by atoms with Gasteiger partial charge in [0.25, 0.3) is 0 Å². The molecule has 3 aromatic carbocycles. The van der Waals surface area contributed by atoms with E-state index in [-0.39, 0.29) is 43.1 Å². The zero-order chi connectivity index (χ0) is 40.3. The molecule has 294 valence electrons. The van der Waals surface area contributed by atoms with Crippen LogP contribution in [0.1, 0.15) is 75.6 Å². The number of fused-ring (bicyclic) bond motifs is 3. The van der Waals surface area contributed by atoms with Crippen molar-refractivity contribution in [2.45, 2.75) is 90.2 Å². The number of carbonyl (C=O) groups excluding carboxylic acids is 4. The summed E-state index contributed by atoms with van der Waals surface area (Å²) in [5, 5.41) is 20.3. The molecule has 5 amide bonds. The highest BCUT2D eigenvalue weighted by molar-refractivity contribution is 6.74. The van der Waals surface area contributed by atoms with Crippen molar-refractivity contribution in [1.82, 2.24) is 16.0 Å². The lowest BCUT2D eigenvalue weighted by atomic mass is 9.98. The highest BCUT2D eigenvalue weighted by Crippen LogP contribution is 2.44. The zero-order valence-corrected chi connectivity index (χ0v) is 33.9. The van der Waals surface area contributed by atoms with Crippen LogP contribution in [0.3, 0.4) is 0 Å². The average molecular weight is 770 g/mol. The van der Waals surface area contributed by atoms with Gasteiger partial charge in [-0.3, -0.25) is 9.59 Å². The molecular formula is C42H55N5O7Si. The molecule has 0 heterocycles. The van der Waals surface area contributed by atoms with Gasteiger partial charge in [0.2, 0.25) is 11.8 Å². The van der Waals surface area contributed by atoms with Gasteiger partial charge in [-0.25, -0.2) is 9.59 Å². The molecule has 13 heteroatoms. The molecular weight excluding hydrogens is 715 g/mol. The van der Waals surface area contributed by atoms with Crippen molar-refractivity contribution in [3.63, 3.8) is 0 Å². The van der Waals surface area contributed by atoms with Crippen molar-refractivity contribution in [3.8, 4) is 23.0 Å². The molecule has 1 aliphatic rings. The maximum Gasteiger partial charge on any atom is 0.407 e. The summed E-state index contributed by atoms with van der Waals surface area (Å²) in [7, 11) is -2.08. The number of aliphatic hydroxyl groups is 1. The third kappa shape index (κ3) is 11.4. The molecule has 0 aromatic heterocycles. The van der Waals surface area contributed by atoms with E-state index in [9.17, 15) is 24.3 Å². The lowest BCUT2D eigenvalue weighted by molar-refractivity contribution is -0.128. The topological polar surface area (TPSA) is 181 Å². The van der Waals surface area contributed by atoms with E-state index in [0.717, 1.165) is 27.8 Å². The van der Waals surface area contributed by atoms with E-state index >= 15 is 0 Å². The standard InChI is InChI=1S/C42H55N5O7Si/c1-27(2)37(47-41(52)53-26-35-33-17-10-8-15-31(33)32-16-9-11-18-34(32)35)39(50)46-36(19-12-22-44-40(43)51)38(49)45-30-21-20-29(28(24-30)14-13-23-48)25-54-55(6,7)42(3,4)5/h8-11,15-18,20-21,24,27,35-37,48H,12,19,22-23,25-26H2,1-7H3,(H,45,49)(H,46,50)(H,47,52)(H3,43,44,51)/t36-,37-/m0/s1. The largest absolute Gasteiger partial charge is 0.449 e. The number of rotatable bonds is 15. The van der Waals surface area contributed by atoms with Crippen LogP contribution in [0.2, 0.25) is 18.1 Å². The highest BCUT2D eigenvalue weighted by atomic mass is 28.4. The summed E-state index contributed by atoms with van der Waals surface area (Å²) in [4.78, 5) is 52.0. The van der Waals surface area contributed by atoms with E-state index in [4.69, 9.17) is 14.9 Å². The van der Waals surface area contributed by atoms with Gasteiger partial charge in [-0.15, -0.1) is 0 Å². The Morgan fingerprint density at radius 3 is 2.15 bits per heavy atom. The lowest BCUT2D eigenvalue weighted by Crippen LogP contribution is -2.54. The molecule has 55 heavy (non-hydrogen) atoms. The van der Waals surface area contributed by atoms with Gasteiger partial charge >= 0.3 is 12.1 Å². The van der Waals surface area contributed by atoms with E-state index in [1.54, 1.807) is 26.0 Å². The summed E-state index contributed by atoms with van der Waals surface area (Å²) in [5.74, 6) is 4.05. The Hall–Kier alpha value is -5.16. The van der Waals surface area contributed by atoms with Crippen LogP contribution < -0.4 is 27.0 Å². The zero-order valence-electron chi connectivity index (χ0n) is 32.9. The number of hydrogen-bond acceptors (Lipinski definition) is 7. The number of hydrogen-bond donors (Lipinski definition) is 6. The van der Waals surface area contributed by atoms with Gasteiger partial charge < -0.3 is 41.3 Å². The van der Waals surface area contributed by atoms with Crippen LogP contribution >= 0.6 is 0 Å². The minimum atomic E-state index is -2.08. The number of amides is 5. The number of primary amides is 1. The quantitative estimate of drug-likeness (QED) is 0.0624. The fourth-order valence-electron chi connectivity index (χ4n) is 6.09. The van der Waals surface area contributed by atoms with E-state index < -0.39 is 44.3 Å². The molecule has 0 aliphatic heterocycles. The number of urea groups is 1. The first kappa shape index (κ1) is 42.6. The summed E-state index contributed by atoms with van der Waals surface area (Å²) >= 11 is 0. The SMILES string of the molecule is CC(C)[C@H](NC(=O)OCC1c2ccccc2-c2ccccc21)C(=O)N[C@@H](CCCNC(N)=O)C(=O)Nc1ccc(CO[Si](C)(C)C(C)(C)C)c(C#CCO)c1. The molecule has 0 fully saturated rings. The van der Waals surface area contributed by atoms with Crippen molar-refractivity contribution >= 4 is 37.9 Å². The third-order valence-electron chi connectivity index (χ3n) is 10.2. The predicted molar refractivity (Wildman–Crippen MR) is 217 cm³/mol. The molecule has 12 nitrogen and oxygen atoms in total. The summed E-state index contributed by atoms with van der Waals surface area (Å²) in [6.45, 7) is 14.6. The summed E-state index contributed by atoms with van der Waals surface area (Å²) in [6.07, 6.45) is -0.273. The number of nitrogens with one attached hydrogen (secondary N) is 4. The van der Waals surface area contributed by atoms with Crippen LogP contribution in [0.5, 0.6) is 0 Å². The smallest absolute Gasteiger partial charge is 0.407 e. The Balaban J connectivity index is 1.46. The lowest BCUT2D eigenvalue weighted by Gasteiger charge is -2.36. The minimum Gasteiger partial charge on any atom is -0.449 e. The summed E-state index contributed by atoms with van der Waals surface area (Å²) < 4.78 is 12.1. The van der Waals surface area contributed by atoms with Crippen molar-refractivity contribution in [1.29, 1.82) is 0 Å². The first-order valence-corrected chi connectivity index (χ1v) is 21.6. The molecule has 0 saturated heterocycles. The second-order valence-corrected chi connectivity index (χ2v) is 20.4. The van der Waals surface area contributed by atoms with Gasteiger partial charge in [-0.2, -0.15) is 0 Å². The molecule has 7 N–H and O–H groups in total. The van der Waals surface area contributed by atoms with Gasteiger partial charge in [-0.1, -0.05) is 101 Å². The predicted octanol–water partition coefficient (Wildman–Crippen LogP) is 5.99. The molecule has 1 aliphatic carbocycles. The van der Waals surface area contributed by atoms with Crippen molar-refractivity contribution < 1.29 is 33.4 Å².